The number of ether oxygens (including phenoxy) is 2. The zero-order valence-electron chi connectivity index (χ0n) is 14.5. The van der Waals surface area contributed by atoms with Crippen LogP contribution in [0.15, 0.2) is 48.5 Å². The van der Waals surface area contributed by atoms with E-state index >= 15 is 0 Å². The second kappa shape index (κ2) is 11.0. The van der Waals surface area contributed by atoms with Crippen molar-refractivity contribution >= 4 is 12.4 Å². The van der Waals surface area contributed by atoms with Crippen molar-refractivity contribution in [1.82, 2.24) is 0 Å². The molecule has 4 heteroatoms. The maximum atomic E-state index is 6.26. The van der Waals surface area contributed by atoms with Crippen LogP contribution < -0.4 is 15.2 Å². The smallest absolute Gasteiger partial charge is 0.161 e. The first kappa shape index (κ1) is 20.3. The first-order valence-electron chi connectivity index (χ1n) is 8.43. The molecule has 24 heavy (non-hydrogen) atoms. The Morgan fingerprint density at radius 1 is 0.958 bits per heavy atom. The number of nitrogens with two attached hydrogens (primary N) is 1. The highest BCUT2D eigenvalue weighted by molar-refractivity contribution is 5.85. The first-order valence-corrected chi connectivity index (χ1v) is 8.43. The Bertz CT molecular complexity index is 589. The van der Waals surface area contributed by atoms with Gasteiger partial charge in [-0.25, -0.2) is 0 Å². The third kappa shape index (κ3) is 6.06. The first-order chi connectivity index (χ1) is 11.2. The fraction of sp³-hybridized carbons (Fsp3) is 0.400. The summed E-state index contributed by atoms with van der Waals surface area (Å²) in [5.74, 6) is 1.54. The summed E-state index contributed by atoms with van der Waals surface area (Å²) in [6, 6.07) is 16.2. The molecule has 0 saturated heterocycles. The molecule has 0 spiro atoms. The third-order valence-corrected chi connectivity index (χ3v) is 3.80. The van der Waals surface area contributed by atoms with Gasteiger partial charge in [-0.15, -0.1) is 12.4 Å². The molecule has 2 N–H and O–H groups in total. The Hall–Kier alpha value is -1.71. The van der Waals surface area contributed by atoms with Crippen LogP contribution in [0.5, 0.6) is 11.5 Å². The molecule has 1 atom stereocenters. The van der Waals surface area contributed by atoms with Crippen LogP contribution in [-0.2, 0) is 6.61 Å². The van der Waals surface area contributed by atoms with Crippen molar-refractivity contribution in [2.75, 3.05) is 6.61 Å². The van der Waals surface area contributed by atoms with Gasteiger partial charge in [0.1, 0.15) is 6.61 Å². The molecule has 0 aliphatic carbocycles. The average molecular weight is 350 g/mol. The van der Waals surface area contributed by atoms with Gasteiger partial charge in [-0.2, -0.15) is 0 Å². The second-order valence-corrected chi connectivity index (χ2v) is 5.66. The zero-order valence-corrected chi connectivity index (χ0v) is 15.4. The minimum atomic E-state index is 0. The van der Waals surface area contributed by atoms with Crippen molar-refractivity contribution in [3.63, 3.8) is 0 Å². The molecule has 0 aromatic heterocycles. The van der Waals surface area contributed by atoms with Gasteiger partial charge in [0.15, 0.2) is 11.5 Å². The lowest BCUT2D eigenvalue weighted by Crippen LogP contribution is -2.10. The molecule has 0 aliphatic heterocycles. The van der Waals surface area contributed by atoms with E-state index in [-0.39, 0.29) is 18.4 Å². The van der Waals surface area contributed by atoms with E-state index < -0.39 is 0 Å². The molecule has 0 saturated carbocycles. The van der Waals surface area contributed by atoms with Crippen LogP contribution in [-0.4, -0.2) is 6.61 Å². The van der Waals surface area contributed by atoms with Gasteiger partial charge < -0.3 is 15.2 Å². The molecule has 0 heterocycles. The molecular weight excluding hydrogens is 322 g/mol. The molecule has 3 nitrogen and oxygen atoms in total. The summed E-state index contributed by atoms with van der Waals surface area (Å²) >= 11 is 0. The van der Waals surface area contributed by atoms with Crippen molar-refractivity contribution in [3.8, 4) is 11.5 Å². The van der Waals surface area contributed by atoms with Gasteiger partial charge >= 0.3 is 0 Å². The van der Waals surface area contributed by atoms with Gasteiger partial charge in [-0.1, -0.05) is 56.2 Å². The van der Waals surface area contributed by atoms with Crippen LogP contribution in [0.25, 0.3) is 0 Å². The molecule has 0 radical (unpaired) electrons. The number of halogens is 1. The van der Waals surface area contributed by atoms with Crippen LogP contribution in [0, 0.1) is 0 Å². The van der Waals surface area contributed by atoms with Crippen LogP contribution in [0.4, 0.5) is 0 Å². The quantitative estimate of drug-likeness (QED) is 0.670. The number of rotatable bonds is 9. The molecule has 2 aromatic carbocycles. The number of hydrogen-bond acceptors (Lipinski definition) is 3. The molecule has 0 aliphatic rings. The normalized spacial score (nSPS) is 11.5. The number of unbranched alkanes of at least 4 members (excludes halogenated alkanes) is 1. The van der Waals surface area contributed by atoms with Gasteiger partial charge in [0.25, 0.3) is 0 Å². The highest BCUT2D eigenvalue weighted by atomic mass is 35.5. The summed E-state index contributed by atoms with van der Waals surface area (Å²) in [5, 5.41) is 0. The van der Waals surface area contributed by atoms with E-state index in [1.54, 1.807) is 0 Å². The summed E-state index contributed by atoms with van der Waals surface area (Å²) in [5.41, 5.74) is 8.51. The molecule has 2 rings (SSSR count). The number of hydrogen-bond donors (Lipinski definition) is 1. The van der Waals surface area contributed by atoms with E-state index in [0.717, 1.165) is 41.9 Å². The monoisotopic (exact) mass is 349 g/mol. The van der Waals surface area contributed by atoms with E-state index in [9.17, 15) is 0 Å². The Morgan fingerprint density at radius 2 is 1.71 bits per heavy atom. The van der Waals surface area contributed by atoms with Crippen LogP contribution in [0.2, 0.25) is 0 Å². The highest BCUT2D eigenvalue weighted by Gasteiger charge is 2.11. The summed E-state index contributed by atoms with van der Waals surface area (Å²) in [4.78, 5) is 0. The van der Waals surface area contributed by atoms with Crippen LogP contribution in [0.3, 0.4) is 0 Å². The van der Waals surface area contributed by atoms with Gasteiger partial charge in [-0.05, 0) is 36.6 Å². The third-order valence-electron chi connectivity index (χ3n) is 3.80. The molecule has 2 aromatic rings. The summed E-state index contributed by atoms with van der Waals surface area (Å²) in [6.45, 7) is 5.29. The van der Waals surface area contributed by atoms with Gasteiger partial charge in [-0.3, -0.25) is 0 Å². The van der Waals surface area contributed by atoms with E-state index in [0.29, 0.717) is 13.2 Å². The Morgan fingerprint density at radius 3 is 2.38 bits per heavy atom. The van der Waals surface area contributed by atoms with E-state index in [4.69, 9.17) is 15.2 Å². The lowest BCUT2D eigenvalue weighted by atomic mass is 10.0. The molecule has 0 bridgehead atoms. The predicted molar refractivity (Wildman–Crippen MR) is 102 cm³/mol. The fourth-order valence-electron chi connectivity index (χ4n) is 2.47. The summed E-state index contributed by atoms with van der Waals surface area (Å²) in [6.07, 6.45) is 3.29. The van der Waals surface area contributed by atoms with Crippen LogP contribution >= 0.6 is 12.4 Å². The van der Waals surface area contributed by atoms with E-state index in [1.807, 2.05) is 43.3 Å². The predicted octanol–water partition coefficient (Wildman–Crippen LogP) is 5.28. The minimum absolute atomic E-state index is 0. The molecular formula is C20H28ClNO2. The lowest BCUT2D eigenvalue weighted by molar-refractivity contribution is 0.269. The minimum Gasteiger partial charge on any atom is -0.490 e. The Kier molecular flexibility index (Phi) is 9.28. The lowest BCUT2D eigenvalue weighted by Gasteiger charge is -2.16. The van der Waals surface area contributed by atoms with Gasteiger partial charge in [0.2, 0.25) is 0 Å². The number of benzene rings is 2. The Balaban J connectivity index is 0.00000288. The van der Waals surface area contributed by atoms with Gasteiger partial charge in [0.05, 0.1) is 6.61 Å². The summed E-state index contributed by atoms with van der Waals surface area (Å²) < 4.78 is 11.7. The largest absolute Gasteiger partial charge is 0.490 e. The maximum absolute atomic E-state index is 6.26. The molecule has 0 fully saturated rings. The van der Waals surface area contributed by atoms with E-state index in [2.05, 4.69) is 19.1 Å². The van der Waals surface area contributed by atoms with E-state index in [1.165, 1.54) is 0 Å². The van der Waals surface area contributed by atoms with Crippen molar-refractivity contribution in [2.24, 2.45) is 5.73 Å². The molecule has 0 amide bonds. The molecule has 132 valence electrons. The Labute approximate surface area is 151 Å². The van der Waals surface area contributed by atoms with Crippen molar-refractivity contribution in [3.05, 3.63) is 59.7 Å². The van der Waals surface area contributed by atoms with Crippen molar-refractivity contribution in [2.45, 2.75) is 45.8 Å². The topological polar surface area (TPSA) is 44.5 Å². The fourth-order valence-corrected chi connectivity index (χ4v) is 2.47. The zero-order chi connectivity index (χ0) is 16.5. The standard InChI is InChI=1S/C20H27NO2.ClH/c1-3-5-11-18(21)17-12-13-19(20(14-17)22-4-2)23-15-16-9-7-6-8-10-16;/h6-10,12-14,18H,3-5,11,15,21H2,1-2H3;1H/t18-;/m0./s1. The average Bonchev–Trinajstić information content (AvgIpc) is 2.59. The SMILES string of the molecule is CCCC[C@H](N)c1ccc(OCc2ccccc2)c(OCC)c1.Cl. The van der Waals surface area contributed by atoms with Crippen molar-refractivity contribution in [1.29, 1.82) is 0 Å². The highest BCUT2D eigenvalue weighted by Crippen LogP contribution is 2.32. The second-order valence-electron chi connectivity index (χ2n) is 5.66. The molecule has 0 unspecified atom stereocenters. The van der Waals surface area contributed by atoms with Crippen molar-refractivity contribution < 1.29 is 9.47 Å². The van der Waals surface area contributed by atoms with Gasteiger partial charge in [0, 0.05) is 6.04 Å². The maximum Gasteiger partial charge on any atom is 0.161 e. The summed E-state index contributed by atoms with van der Waals surface area (Å²) in [7, 11) is 0. The van der Waals surface area contributed by atoms with Crippen LogP contribution in [0.1, 0.15) is 50.3 Å².